The predicted molar refractivity (Wildman–Crippen MR) is 81.5 cm³/mol. The molecule has 104 valence electrons. The molecule has 1 aromatic rings. The van der Waals surface area contributed by atoms with Gasteiger partial charge in [0.2, 0.25) is 0 Å². The number of nitrogens with zero attached hydrogens (tertiary/aromatic N) is 2. The molecule has 0 saturated carbocycles. The van der Waals surface area contributed by atoms with Crippen molar-refractivity contribution < 1.29 is 0 Å². The van der Waals surface area contributed by atoms with Crippen LogP contribution in [0.5, 0.6) is 0 Å². The average Bonchev–Trinajstić information content (AvgIpc) is 2.77. The lowest BCUT2D eigenvalue weighted by Crippen LogP contribution is -2.20. The molecule has 0 saturated heterocycles. The van der Waals surface area contributed by atoms with Crippen LogP contribution in [0, 0.1) is 5.92 Å². The number of aromatic nitrogens is 1. The molecule has 0 aliphatic rings. The van der Waals surface area contributed by atoms with Crippen LogP contribution in [0.15, 0.2) is 5.38 Å². The lowest BCUT2D eigenvalue weighted by atomic mass is 10.2. The molecule has 0 bridgehead atoms. The van der Waals surface area contributed by atoms with Gasteiger partial charge < -0.3 is 10.2 Å². The molecule has 0 aliphatic heterocycles. The monoisotopic (exact) mass is 269 g/mol. The molecule has 18 heavy (non-hydrogen) atoms. The molecule has 1 N–H and O–H groups in total. The summed E-state index contributed by atoms with van der Waals surface area (Å²) in [5.41, 5.74) is 1.16. The van der Waals surface area contributed by atoms with Gasteiger partial charge in [-0.15, -0.1) is 11.3 Å². The second-order valence-electron chi connectivity index (χ2n) is 5.27. The molecule has 0 radical (unpaired) electrons. The third kappa shape index (κ3) is 5.83. The van der Waals surface area contributed by atoms with E-state index in [1.165, 1.54) is 19.3 Å². The Balaban J connectivity index is 2.32. The molecule has 0 aliphatic carbocycles. The van der Waals surface area contributed by atoms with Gasteiger partial charge >= 0.3 is 0 Å². The molecule has 1 rings (SSSR count). The van der Waals surface area contributed by atoms with E-state index in [1.807, 2.05) is 0 Å². The lowest BCUT2D eigenvalue weighted by molar-refractivity contribution is 0.549. The van der Waals surface area contributed by atoms with Crippen molar-refractivity contribution in [3.63, 3.8) is 0 Å². The molecule has 4 heteroatoms. The number of nitrogens with one attached hydrogen (secondary N) is 1. The second-order valence-corrected chi connectivity index (χ2v) is 6.11. The number of unbranched alkanes of at least 4 members (excludes halogenated alkanes) is 2. The summed E-state index contributed by atoms with van der Waals surface area (Å²) in [4.78, 5) is 6.94. The summed E-state index contributed by atoms with van der Waals surface area (Å²) in [6.45, 7) is 9.74. The Kier molecular flexibility index (Phi) is 7.28. The largest absolute Gasteiger partial charge is 0.351 e. The first-order chi connectivity index (χ1) is 8.63. The Morgan fingerprint density at radius 1 is 1.39 bits per heavy atom. The van der Waals surface area contributed by atoms with Crippen LogP contribution in [-0.4, -0.2) is 25.1 Å². The molecule has 0 fully saturated rings. The summed E-state index contributed by atoms with van der Waals surface area (Å²) in [5, 5.41) is 6.74. The number of hydrogen-bond acceptors (Lipinski definition) is 4. The van der Waals surface area contributed by atoms with Gasteiger partial charge in [-0.2, -0.15) is 0 Å². The van der Waals surface area contributed by atoms with Gasteiger partial charge in [0.05, 0.1) is 5.69 Å². The summed E-state index contributed by atoms with van der Waals surface area (Å²) >= 11 is 1.75. The second kappa shape index (κ2) is 8.48. The number of anilines is 1. The van der Waals surface area contributed by atoms with Crippen molar-refractivity contribution in [1.29, 1.82) is 0 Å². The van der Waals surface area contributed by atoms with Gasteiger partial charge in [0.15, 0.2) is 5.13 Å². The molecule has 0 atom stereocenters. The maximum absolute atomic E-state index is 4.67. The fraction of sp³-hybridized carbons (Fsp3) is 0.786. The topological polar surface area (TPSA) is 28.2 Å². The van der Waals surface area contributed by atoms with Gasteiger partial charge in [-0.05, 0) is 18.9 Å². The Labute approximate surface area is 116 Å². The summed E-state index contributed by atoms with van der Waals surface area (Å²) < 4.78 is 0. The first-order valence-corrected chi connectivity index (χ1v) is 7.87. The van der Waals surface area contributed by atoms with Crippen molar-refractivity contribution in [1.82, 2.24) is 10.3 Å². The number of hydrogen-bond donors (Lipinski definition) is 1. The highest BCUT2D eigenvalue weighted by atomic mass is 32.1. The van der Waals surface area contributed by atoms with Crippen molar-refractivity contribution in [2.24, 2.45) is 5.92 Å². The van der Waals surface area contributed by atoms with Gasteiger partial charge in [-0.1, -0.05) is 33.6 Å². The van der Waals surface area contributed by atoms with Crippen molar-refractivity contribution in [2.45, 2.75) is 46.6 Å². The summed E-state index contributed by atoms with van der Waals surface area (Å²) in [7, 11) is 2.14. The standard InChI is InChI=1S/C14H27N3S/c1-5-6-7-8-17(4)14-16-13(11-18-14)10-15-9-12(2)3/h11-12,15H,5-10H2,1-4H3. The molecule has 0 amide bonds. The van der Waals surface area contributed by atoms with E-state index >= 15 is 0 Å². The molecule has 1 aromatic heterocycles. The molecular formula is C14H27N3S. The minimum atomic E-state index is 0.694. The Bertz CT molecular complexity index is 323. The maximum atomic E-state index is 4.67. The van der Waals surface area contributed by atoms with Crippen LogP contribution < -0.4 is 10.2 Å². The zero-order valence-corrected chi connectivity index (χ0v) is 13.0. The Morgan fingerprint density at radius 2 is 2.17 bits per heavy atom. The summed E-state index contributed by atoms with van der Waals surface area (Å²) in [6, 6.07) is 0. The van der Waals surface area contributed by atoms with E-state index in [-0.39, 0.29) is 0 Å². The minimum Gasteiger partial charge on any atom is -0.351 e. The van der Waals surface area contributed by atoms with Crippen molar-refractivity contribution in [3.8, 4) is 0 Å². The van der Waals surface area contributed by atoms with Crippen LogP contribution in [0.25, 0.3) is 0 Å². The highest BCUT2D eigenvalue weighted by Gasteiger charge is 2.06. The van der Waals surface area contributed by atoms with Gasteiger partial charge in [-0.25, -0.2) is 4.98 Å². The van der Waals surface area contributed by atoms with Crippen LogP contribution in [-0.2, 0) is 6.54 Å². The van der Waals surface area contributed by atoms with Gasteiger partial charge in [0.25, 0.3) is 0 Å². The SMILES string of the molecule is CCCCCN(C)c1nc(CNCC(C)C)cs1. The number of rotatable bonds is 9. The normalized spacial score (nSPS) is 11.2. The van der Waals surface area contributed by atoms with E-state index < -0.39 is 0 Å². The van der Waals surface area contributed by atoms with Crippen LogP contribution in [0.3, 0.4) is 0 Å². The average molecular weight is 269 g/mol. The first-order valence-electron chi connectivity index (χ1n) is 6.99. The lowest BCUT2D eigenvalue weighted by Gasteiger charge is -2.14. The molecular weight excluding hydrogens is 242 g/mol. The Hall–Kier alpha value is -0.610. The van der Waals surface area contributed by atoms with Crippen LogP contribution in [0.4, 0.5) is 5.13 Å². The third-order valence-corrected chi connectivity index (χ3v) is 3.83. The van der Waals surface area contributed by atoms with Crippen molar-refractivity contribution in [3.05, 3.63) is 11.1 Å². The van der Waals surface area contributed by atoms with Gasteiger partial charge in [-0.3, -0.25) is 0 Å². The highest BCUT2D eigenvalue weighted by molar-refractivity contribution is 7.13. The van der Waals surface area contributed by atoms with Crippen molar-refractivity contribution >= 4 is 16.5 Å². The fourth-order valence-electron chi connectivity index (χ4n) is 1.74. The molecule has 0 aromatic carbocycles. The van der Waals surface area contributed by atoms with Gasteiger partial charge in [0, 0.05) is 25.5 Å². The van der Waals surface area contributed by atoms with E-state index in [2.05, 4.69) is 48.4 Å². The van der Waals surface area contributed by atoms with Crippen LogP contribution >= 0.6 is 11.3 Å². The minimum absolute atomic E-state index is 0.694. The predicted octanol–water partition coefficient (Wildman–Crippen LogP) is 3.52. The van der Waals surface area contributed by atoms with Gasteiger partial charge in [0.1, 0.15) is 0 Å². The Morgan fingerprint density at radius 3 is 2.83 bits per heavy atom. The summed E-state index contributed by atoms with van der Waals surface area (Å²) in [5.74, 6) is 0.694. The smallest absolute Gasteiger partial charge is 0.185 e. The fourth-order valence-corrected chi connectivity index (χ4v) is 2.56. The van der Waals surface area contributed by atoms with E-state index in [0.29, 0.717) is 5.92 Å². The quantitative estimate of drug-likeness (QED) is 0.695. The molecule has 1 heterocycles. The number of thiazole rings is 1. The summed E-state index contributed by atoms with van der Waals surface area (Å²) in [6.07, 6.45) is 3.84. The van der Waals surface area contributed by atoms with Crippen LogP contribution in [0.2, 0.25) is 0 Å². The maximum Gasteiger partial charge on any atom is 0.185 e. The van der Waals surface area contributed by atoms with Crippen LogP contribution in [0.1, 0.15) is 45.7 Å². The van der Waals surface area contributed by atoms with E-state index in [4.69, 9.17) is 0 Å². The zero-order chi connectivity index (χ0) is 13.4. The van der Waals surface area contributed by atoms with E-state index in [0.717, 1.165) is 30.5 Å². The molecule has 0 spiro atoms. The van der Waals surface area contributed by atoms with Crippen molar-refractivity contribution in [2.75, 3.05) is 25.0 Å². The zero-order valence-electron chi connectivity index (χ0n) is 12.2. The third-order valence-electron chi connectivity index (χ3n) is 2.82. The van der Waals surface area contributed by atoms with E-state index in [1.54, 1.807) is 11.3 Å². The highest BCUT2D eigenvalue weighted by Crippen LogP contribution is 2.19. The molecule has 0 unspecified atom stereocenters. The molecule has 3 nitrogen and oxygen atoms in total. The first kappa shape index (κ1) is 15.4. The van der Waals surface area contributed by atoms with E-state index in [9.17, 15) is 0 Å².